The van der Waals surface area contributed by atoms with Crippen molar-refractivity contribution in [2.24, 2.45) is 5.10 Å². The molecule has 0 fully saturated rings. The standard InChI is InChI=1S/C20H22ClN3O4/c1-12-5-7-15(11-16(12)21)22-19(25)9-13(2)23-24-20(26)14-6-8-17(27-3)18(10-14)28-4/h5-8,10-11H,9H2,1-4H3,(H,22,25)(H,24,26). The van der Waals surface area contributed by atoms with Crippen LogP contribution in [-0.2, 0) is 4.79 Å². The Bertz CT molecular complexity index is 912. The van der Waals surface area contributed by atoms with Crippen LogP contribution in [0.5, 0.6) is 11.5 Å². The maximum absolute atomic E-state index is 12.2. The maximum atomic E-state index is 12.2. The molecule has 0 aromatic heterocycles. The topological polar surface area (TPSA) is 89.0 Å². The van der Waals surface area contributed by atoms with E-state index in [1.165, 1.54) is 14.2 Å². The van der Waals surface area contributed by atoms with E-state index in [1.807, 2.05) is 13.0 Å². The second kappa shape index (κ2) is 9.75. The minimum atomic E-state index is -0.425. The molecule has 0 bridgehead atoms. The highest BCUT2D eigenvalue weighted by molar-refractivity contribution is 6.31. The smallest absolute Gasteiger partial charge is 0.271 e. The van der Waals surface area contributed by atoms with Gasteiger partial charge in [-0.05, 0) is 49.7 Å². The predicted molar refractivity (Wildman–Crippen MR) is 110 cm³/mol. The Balaban J connectivity index is 1.95. The second-order valence-electron chi connectivity index (χ2n) is 6.05. The number of hydrogen-bond donors (Lipinski definition) is 2. The van der Waals surface area contributed by atoms with Gasteiger partial charge in [0.25, 0.3) is 5.91 Å². The fourth-order valence-electron chi connectivity index (χ4n) is 2.34. The van der Waals surface area contributed by atoms with Gasteiger partial charge in [0, 0.05) is 22.0 Å². The third-order valence-electron chi connectivity index (χ3n) is 3.87. The normalized spacial score (nSPS) is 11.0. The number of benzene rings is 2. The summed E-state index contributed by atoms with van der Waals surface area (Å²) in [6.45, 7) is 3.53. The first-order chi connectivity index (χ1) is 13.3. The number of methoxy groups -OCH3 is 2. The van der Waals surface area contributed by atoms with Crippen LogP contribution in [0.4, 0.5) is 5.69 Å². The van der Waals surface area contributed by atoms with Crippen LogP contribution < -0.4 is 20.2 Å². The molecule has 2 amide bonds. The number of ether oxygens (including phenoxy) is 2. The Hall–Kier alpha value is -3.06. The van der Waals surface area contributed by atoms with Crippen molar-refractivity contribution in [1.82, 2.24) is 5.43 Å². The molecule has 8 heteroatoms. The Morgan fingerprint density at radius 1 is 1.07 bits per heavy atom. The molecule has 0 heterocycles. The third kappa shape index (κ3) is 5.72. The minimum absolute atomic E-state index is 0.0255. The summed E-state index contributed by atoms with van der Waals surface area (Å²) in [5.74, 6) is 0.270. The number of rotatable bonds is 7. The average Bonchev–Trinajstić information content (AvgIpc) is 2.68. The van der Waals surface area contributed by atoms with Crippen molar-refractivity contribution in [3.8, 4) is 11.5 Å². The number of amides is 2. The van der Waals surface area contributed by atoms with Crippen molar-refractivity contribution < 1.29 is 19.1 Å². The van der Waals surface area contributed by atoms with Crippen LogP contribution in [0.2, 0.25) is 5.02 Å². The van der Waals surface area contributed by atoms with Gasteiger partial charge in [-0.15, -0.1) is 0 Å². The predicted octanol–water partition coefficient (Wildman–Crippen LogP) is 3.80. The van der Waals surface area contributed by atoms with Crippen LogP contribution in [-0.4, -0.2) is 31.7 Å². The van der Waals surface area contributed by atoms with Crippen LogP contribution in [0.25, 0.3) is 0 Å². The number of hydrazone groups is 1. The molecule has 2 aromatic rings. The molecule has 148 valence electrons. The number of carbonyl (C=O) groups excluding carboxylic acids is 2. The fourth-order valence-corrected chi connectivity index (χ4v) is 2.52. The molecule has 0 atom stereocenters. The first-order valence-corrected chi connectivity index (χ1v) is 8.83. The number of nitrogens with zero attached hydrogens (tertiary/aromatic N) is 1. The largest absolute Gasteiger partial charge is 0.493 e. The number of carbonyl (C=O) groups is 2. The molecule has 2 N–H and O–H groups in total. The van der Waals surface area contributed by atoms with Crippen molar-refractivity contribution in [1.29, 1.82) is 0 Å². The quantitative estimate of drug-likeness (QED) is 0.543. The van der Waals surface area contributed by atoms with Gasteiger partial charge in [0.1, 0.15) is 0 Å². The van der Waals surface area contributed by atoms with Crippen molar-refractivity contribution in [2.75, 3.05) is 19.5 Å². The molecule has 0 unspecified atom stereocenters. The number of halogens is 1. The van der Waals surface area contributed by atoms with Crippen LogP contribution in [0.1, 0.15) is 29.3 Å². The average molecular weight is 404 g/mol. The van der Waals surface area contributed by atoms with E-state index in [-0.39, 0.29) is 12.3 Å². The Labute approximate surface area is 168 Å². The zero-order chi connectivity index (χ0) is 20.7. The van der Waals surface area contributed by atoms with E-state index in [1.54, 1.807) is 37.3 Å². The summed E-state index contributed by atoms with van der Waals surface area (Å²) in [5.41, 5.74) is 4.75. The van der Waals surface area contributed by atoms with Crippen LogP contribution >= 0.6 is 11.6 Å². The van der Waals surface area contributed by atoms with Gasteiger partial charge in [-0.3, -0.25) is 9.59 Å². The van der Waals surface area contributed by atoms with Gasteiger partial charge in [-0.25, -0.2) is 5.43 Å². The Morgan fingerprint density at radius 2 is 1.79 bits per heavy atom. The number of anilines is 1. The highest BCUT2D eigenvalue weighted by atomic mass is 35.5. The molecule has 0 spiro atoms. The lowest BCUT2D eigenvalue weighted by Gasteiger charge is -2.09. The molecule has 0 radical (unpaired) electrons. The van der Waals surface area contributed by atoms with Gasteiger partial charge < -0.3 is 14.8 Å². The van der Waals surface area contributed by atoms with Gasteiger partial charge in [-0.1, -0.05) is 17.7 Å². The summed E-state index contributed by atoms with van der Waals surface area (Å²) in [6.07, 6.45) is 0.0255. The zero-order valence-corrected chi connectivity index (χ0v) is 16.9. The summed E-state index contributed by atoms with van der Waals surface area (Å²) in [5, 5.41) is 7.28. The van der Waals surface area contributed by atoms with E-state index in [0.29, 0.717) is 33.5 Å². The van der Waals surface area contributed by atoms with Gasteiger partial charge in [-0.2, -0.15) is 5.10 Å². The van der Waals surface area contributed by atoms with Crippen molar-refractivity contribution in [3.05, 3.63) is 52.5 Å². The van der Waals surface area contributed by atoms with E-state index < -0.39 is 5.91 Å². The van der Waals surface area contributed by atoms with Crippen LogP contribution in [0.15, 0.2) is 41.5 Å². The molecular weight excluding hydrogens is 382 g/mol. The lowest BCUT2D eigenvalue weighted by atomic mass is 10.2. The molecule has 28 heavy (non-hydrogen) atoms. The van der Waals surface area contributed by atoms with Crippen molar-refractivity contribution in [2.45, 2.75) is 20.3 Å². The lowest BCUT2D eigenvalue weighted by molar-refractivity contribution is -0.115. The Kier molecular flexibility index (Phi) is 7.40. The third-order valence-corrected chi connectivity index (χ3v) is 4.27. The highest BCUT2D eigenvalue weighted by Crippen LogP contribution is 2.27. The first kappa shape index (κ1) is 21.2. The van der Waals surface area contributed by atoms with E-state index in [4.69, 9.17) is 21.1 Å². The summed E-state index contributed by atoms with van der Waals surface area (Å²) in [7, 11) is 3.00. The molecular formula is C20H22ClN3O4. The van der Waals surface area contributed by atoms with E-state index >= 15 is 0 Å². The monoisotopic (exact) mass is 403 g/mol. The summed E-state index contributed by atoms with van der Waals surface area (Å²) < 4.78 is 10.3. The second-order valence-corrected chi connectivity index (χ2v) is 6.45. The van der Waals surface area contributed by atoms with Gasteiger partial charge in [0.05, 0.1) is 20.6 Å². The number of hydrogen-bond acceptors (Lipinski definition) is 5. The van der Waals surface area contributed by atoms with Crippen molar-refractivity contribution in [3.63, 3.8) is 0 Å². The van der Waals surface area contributed by atoms with E-state index in [9.17, 15) is 9.59 Å². The molecule has 0 saturated heterocycles. The fraction of sp³-hybridized carbons (Fsp3) is 0.250. The number of nitrogens with one attached hydrogen (secondary N) is 2. The summed E-state index contributed by atoms with van der Waals surface area (Å²) in [4.78, 5) is 24.3. The maximum Gasteiger partial charge on any atom is 0.271 e. The molecule has 2 aromatic carbocycles. The Morgan fingerprint density at radius 3 is 2.43 bits per heavy atom. The van der Waals surface area contributed by atoms with Crippen molar-refractivity contribution >= 4 is 34.8 Å². The SMILES string of the molecule is COc1ccc(C(=O)NN=C(C)CC(=O)Nc2ccc(C)c(Cl)c2)cc1OC. The molecule has 0 saturated carbocycles. The molecule has 7 nitrogen and oxygen atoms in total. The van der Waals surface area contributed by atoms with Gasteiger partial charge in [0.15, 0.2) is 11.5 Å². The van der Waals surface area contributed by atoms with Crippen LogP contribution in [0.3, 0.4) is 0 Å². The summed E-state index contributed by atoms with van der Waals surface area (Å²) >= 11 is 6.05. The van der Waals surface area contributed by atoms with Gasteiger partial charge >= 0.3 is 0 Å². The molecule has 0 aliphatic heterocycles. The highest BCUT2D eigenvalue weighted by Gasteiger charge is 2.11. The molecule has 0 aliphatic carbocycles. The van der Waals surface area contributed by atoms with E-state index in [2.05, 4.69) is 15.8 Å². The first-order valence-electron chi connectivity index (χ1n) is 8.45. The summed E-state index contributed by atoms with van der Waals surface area (Å²) in [6, 6.07) is 10.0. The number of aryl methyl sites for hydroxylation is 1. The molecule has 0 aliphatic rings. The zero-order valence-electron chi connectivity index (χ0n) is 16.1. The van der Waals surface area contributed by atoms with Gasteiger partial charge in [0.2, 0.25) is 5.91 Å². The van der Waals surface area contributed by atoms with Crippen LogP contribution in [0, 0.1) is 6.92 Å². The van der Waals surface area contributed by atoms with E-state index in [0.717, 1.165) is 5.56 Å². The lowest BCUT2D eigenvalue weighted by Crippen LogP contribution is -2.21. The minimum Gasteiger partial charge on any atom is -0.493 e. The molecule has 2 rings (SSSR count).